The maximum atomic E-state index is 6.35. The maximum Gasteiger partial charge on any atom is 0.170 e. The molecule has 1 saturated heterocycles. The summed E-state index contributed by atoms with van der Waals surface area (Å²) in [4.78, 5) is 6.78. The number of nitrogens with one attached hydrogen (secondary N) is 1. The molecule has 0 radical (unpaired) electrons. The molecule has 0 unspecified atom stereocenters. The molecule has 1 aliphatic rings. The lowest BCUT2D eigenvalue weighted by Gasteiger charge is -2.26. The highest BCUT2D eigenvalue weighted by molar-refractivity contribution is 7.80. The van der Waals surface area contributed by atoms with Gasteiger partial charge in [-0.2, -0.15) is 0 Å². The topological polar surface area (TPSA) is 41.3 Å². The quantitative estimate of drug-likeness (QED) is 0.438. The van der Waals surface area contributed by atoms with Crippen LogP contribution in [0.2, 0.25) is 0 Å². The van der Waals surface area contributed by atoms with E-state index in [-0.39, 0.29) is 12.1 Å². The molecular formula is C25H21N3OS. The lowest BCUT2D eigenvalue weighted by atomic mass is 10.0. The lowest BCUT2D eigenvalue weighted by molar-refractivity contribution is 0.269. The van der Waals surface area contributed by atoms with Gasteiger partial charge in [-0.3, -0.25) is 4.98 Å². The van der Waals surface area contributed by atoms with E-state index in [1.165, 1.54) is 5.56 Å². The minimum atomic E-state index is -0.0925. The number of hydrogen-bond donors (Lipinski definition) is 1. The average Bonchev–Trinajstić information content (AvgIpc) is 3.41. The van der Waals surface area contributed by atoms with Gasteiger partial charge in [0.2, 0.25) is 0 Å². The SMILES string of the molecule is S=C1N[C@@H](c2ccccn2)[C@H](c2ccc(-c3ccccc3)o2)N1Cc1ccccc1. The molecule has 4 aromatic rings. The Balaban J connectivity index is 1.54. The second kappa shape index (κ2) is 8.13. The van der Waals surface area contributed by atoms with Crippen molar-refractivity contribution in [3.63, 3.8) is 0 Å². The number of pyridine rings is 1. The van der Waals surface area contributed by atoms with Crippen LogP contribution in [0.15, 0.2) is 102 Å². The normalized spacial score (nSPS) is 18.4. The molecule has 0 spiro atoms. The minimum Gasteiger partial charge on any atom is -0.459 e. The van der Waals surface area contributed by atoms with Gasteiger partial charge in [0.25, 0.3) is 0 Å². The highest BCUT2D eigenvalue weighted by Crippen LogP contribution is 2.41. The van der Waals surface area contributed by atoms with E-state index in [1.807, 2.05) is 66.9 Å². The number of thiocarbonyl (C=S) groups is 1. The van der Waals surface area contributed by atoms with Crippen LogP contribution >= 0.6 is 12.2 Å². The Labute approximate surface area is 181 Å². The van der Waals surface area contributed by atoms with Gasteiger partial charge in [0.15, 0.2) is 5.11 Å². The summed E-state index contributed by atoms with van der Waals surface area (Å²) in [5.74, 6) is 1.72. The third-order valence-electron chi connectivity index (χ3n) is 5.37. The Morgan fingerprint density at radius 1 is 0.867 bits per heavy atom. The maximum absolute atomic E-state index is 6.35. The Kier molecular flexibility index (Phi) is 5.03. The highest BCUT2D eigenvalue weighted by atomic mass is 32.1. The molecule has 4 nitrogen and oxygen atoms in total. The Hall–Kier alpha value is -3.44. The van der Waals surface area contributed by atoms with Crippen LogP contribution in [0.3, 0.4) is 0 Å². The predicted molar refractivity (Wildman–Crippen MR) is 122 cm³/mol. The molecule has 2 atom stereocenters. The van der Waals surface area contributed by atoms with Crippen LogP contribution < -0.4 is 5.32 Å². The predicted octanol–water partition coefficient (Wildman–Crippen LogP) is 5.51. The van der Waals surface area contributed by atoms with E-state index >= 15 is 0 Å². The van der Waals surface area contributed by atoms with Crippen molar-refractivity contribution < 1.29 is 4.42 Å². The van der Waals surface area contributed by atoms with Crippen molar-refractivity contribution in [1.29, 1.82) is 0 Å². The highest BCUT2D eigenvalue weighted by Gasteiger charge is 2.41. The Bertz CT molecular complexity index is 1130. The summed E-state index contributed by atoms with van der Waals surface area (Å²) >= 11 is 5.74. The smallest absolute Gasteiger partial charge is 0.170 e. The van der Waals surface area contributed by atoms with Gasteiger partial charge in [-0.25, -0.2) is 0 Å². The number of hydrogen-bond acceptors (Lipinski definition) is 3. The van der Waals surface area contributed by atoms with E-state index in [1.54, 1.807) is 0 Å². The summed E-state index contributed by atoms with van der Waals surface area (Å²) in [6, 6.07) is 30.4. The Morgan fingerprint density at radius 2 is 1.60 bits per heavy atom. The largest absolute Gasteiger partial charge is 0.459 e. The van der Waals surface area contributed by atoms with E-state index in [0.29, 0.717) is 11.7 Å². The van der Waals surface area contributed by atoms with Gasteiger partial charge >= 0.3 is 0 Å². The van der Waals surface area contributed by atoms with Gasteiger partial charge in [0.1, 0.15) is 17.6 Å². The first-order chi connectivity index (χ1) is 14.8. The molecule has 0 aliphatic carbocycles. The fraction of sp³-hybridized carbons (Fsp3) is 0.120. The van der Waals surface area contributed by atoms with Crippen molar-refractivity contribution >= 4 is 17.3 Å². The van der Waals surface area contributed by atoms with Crippen molar-refractivity contribution in [2.45, 2.75) is 18.6 Å². The molecule has 2 aromatic heterocycles. The number of furan rings is 1. The van der Waals surface area contributed by atoms with Gasteiger partial charge in [-0.15, -0.1) is 0 Å². The van der Waals surface area contributed by atoms with Crippen molar-refractivity contribution in [3.05, 3.63) is 114 Å². The molecule has 148 valence electrons. The van der Waals surface area contributed by atoms with Gasteiger partial charge < -0.3 is 14.6 Å². The zero-order valence-electron chi connectivity index (χ0n) is 16.3. The van der Waals surface area contributed by atoms with Gasteiger partial charge in [-0.05, 0) is 42.0 Å². The summed E-state index contributed by atoms with van der Waals surface area (Å²) in [5, 5.41) is 4.18. The fourth-order valence-corrected chi connectivity index (χ4v) is 4.24. The van der Waals surface area contributed by atoms with Gasteiger partial charge in [-0.1, -0.05) is 66.7 Å². The second-order valence-electron chi connectivity index (χ2n) is 7.31. The van der Waals surface area contributed by atoms with Crippen molar-refractivity contribution in [3.8, 4) is 11.3 Å². The van der Waals surface area contributed by atoms with E-state index in [2.05, 4.69) is 45.5 Å². The first-order valence-electron chi connectivity index (χ1n) is 9.97. The Morgan fingerprint density at radius 3 is 2.33 bits per heavy atom. The second-order valence-corrected chi connectivity index (χ2v) is 7.69. The van der Waals surface area contributed by atoms with E-state index < -0.39 is 0 Å². The summed E-state index contributed by atoms with van der Waals surface area (Å²) in [6.45, 7) is 0.696. The molecule has 0 amide bonds. The summed E-state index contributed by atoms with van der Waals surface area (Å²) in [6.07, 6.45) is 1.81. The molecule has 1 N–H and O–H groups in total. The number of aromatic nitrogens is 1. The van der Waals surface area contributed by atoms with Crippen LogP contribution in [0.1, 0.15) is 29.1 Å². The number of rotatable bonds is 5. The van der Waals surface area contributed by atoms with E-state index in [0.717, 1.165) is 22.8 Å². The summed E-state index contributed by atoms with van der Waals surface area (Å²) in [7, 11) is 0. The zero-order valence-corrected chi connectivity index (χ0v) is 17.1. The van der Waals surface area contributed by atoms with Crippen LogP contribution in [-0.2, 0) is 6.54 Å². The van der Waals surface area contributed by atoms with Crippen molar-refractivity contribution in [2.75, 3.05) is 0 Å². The van der Waals surface area contributed by atoms with Crippen LogP contribution in [0.5, 0.6) is 0 Å². The number of benzene rings is 2. The first kappa shape index (κ1) is 18.6. The monoisotopic (exact) mass is 411 g/mol. The molecule has 5 rings (SSSR count). The van der Waals surface area contributed by atoms with Crippen molar-refractivity contribution in [1.82, 2.24) is 15.2 Å². The van der Waals surface area contributed by atoms with E-state index in [4.69, 9.17) is 16.6 Å². The van der Waals surface area contributed by atoms with Crippen LogP contribution in [0.4, 0.5) is 0 Å². The standard InChI is InChI=1S/C25H21N3OS/c30-25-27-23(20-13-7-8-16-26-20)24(28(25)17-18-9-3-1-4-10-18)22-15-14-21(29-22)19-11-5-2-6-12-19/h1-16,23-24H,17H2,(H,27,30)/t23-,24-/m0/s1. The number of nitrogens with zero attached hydrogens (tertiary/aromatic N) is 2. The average molecular weight is 412 g/mol. The third kappa shape index (κ3) is 3.60. The van der Waals surface area contributed by atoms with E-state index in [9.17, 15) is 0 Å². The van der Waals surface area contributed by atoms with Crippen LogP contribution in [0.25, 0.3) is 11.3 Å². The molecule has 0 saturated carbocycles. The molecule has 1 fully saturated rings. The van der Waals surface area contributed by atoms with Crippen LogP contribution in [-0.4, -0.2) is 15.0 Å². The van der Waals surface area contributed by atoms with Crippen molar-refractivity contribution in [2.24, 2.45) is 0 Å². The molecule has 5 heteroatoms. The molecule has 30 heavy (non-hydrogen) atoms. The fourth-order valence-electron chi connectivity index (χ4n) is 3.93. The molecule has 3 heterocycles. The lowest BCUT2D eigenvalue weighted by Crippen LogP contribution is -2.29. The van der Waals surface area contributed by atoms with Crippen LogP contribution in [0, 0.1) is 0 Å². The zero-order chi connectivity index (χ0) is 20.3. The third-order valence-corrected chi connectivity index (χ3v) is 5.72. The summed E-state index contributed by atoms with van der Waals surface area (Å²) < 4.78 is 6.35. The molecular weight excluding hydrogens is 390 g/mol. The summed E-state index contributed by atoms with van der Waals surface area (Å²) in [5.41, 5.74) is 3.20. The molecule has 1 aliphatic heterocycles. The molecule has 2 aromatic carbocycles. The van der Waals surface area contributed by atoms with Gasteiger partial charge in [0, 0.05) is 18.3 Å². The molecule has 0 bridgehead atoms. The minimum absolute atomic E-state index is 0.0859. The first-order valence-corrected chi connectivity index (χ1v) is 10.4. The van der Waals surface area contributed by atoms with Gasteiger partial charge in [0.05, 0.1) is 11.7 Å².